The Balaban J connectivity index is 3.06. The molecule has 0 aromatic carbocycles. The van der Waals surface area contributed by atoms with Gasteiger partial charge in [0.1, 0.15) is 0 Å². The van der Waals surface area contributed by atoms with E-state index in [4.69, 9.17) is 5.11 Å². The van der Waals surface area contributed by atoms with E-state index in [0.717, 1.165) is 25.7 Å². The molecule has 0 aromatic heterocycles. The Hall–Kier alpha value is -0.710. The lowest BCUT2D eigenvalue weighted by Crippen LogP contribution is -1.96. The van der Waals surface area contributed by atoms with Crippen molar-refractivity contribution in [2.75, 3.05) is 0 Å². The van der Waals surface area contributed by atoms with E-state index < -0.39 is 5.97 Å². The number of unbranched alkanes of at least 4 members (excludes halogenated alkanes) is 4. The number of carboxylic acids is 1. The molecule has 0 fully saturated rings. The van der Waals surface area contributed by atoms with Crippen molar-refractivity contribution in [2.24, 2.45) is 0 Å². The fraction of sp³-hybridized carbons (Fsp3) is 0.778. The molecule has 4 nitrogen and oxygen atoms in total. The fourth-order valence-corrected chi connectivity index (χ4v) is 1.21. The highest BCUT2D eigenvalue weighted by Gasteiger charge is 2.00. The van der Waals surface area contributed by atoms with Crippen LogP contribution in [-0.4, -0.2) is 17.0 Å². The van der Waals surface area contributed by atoms with Crippen molar-refractivity contribution in [3.63, 3.8) is 0 Å². The van der Waals surface area contributed by atoms with Crippen LogP contribution in [0.3, 0.4) is 0 Å². The van der Waals surface area contributed by atoms with Crippen LogP contribution in [0, 0.1) is 0 Å². The molecule has 0 aliphatic carbocycles. The Kier molecular flexibility index (Phi) is 8.42. The zero-order valence-corrected chi connectivity index (χ0v) is 8.96. The van der Waals surface area contributed by atoms with E-state index in [1.54, 1.807) is 0 Å². The summed E-state index contributed by atoms with van der Waals surface area (Å²) in [6, 6.07) is 0. The van der Waals surface area contributed by atoms with Crippen molar-refractivity contribution >= 4 is 24.8 Å². The van der Waals surface area contributed by atoms with Gasteiger partial charge in [0.15, 0.2) is 0 Å². The summed E-state index contributed by atoms with van der Waals surface area (Å²) in [4.78, 5) is 20.8. The normalized spacial score (nSPS) is 9.79. The van der Waals surface area contributed by atoms with Crippen molar-refractivity contribution in [3.8, 4) is 0 Å². The van der Waals surface area contributed by atoms with Gasteiger partial charge in [-0.2, -0.15) is 0 Å². The Morgan fingerprint density at radius 1 is 1.00 bits per heavy atom. The molecule has 14 heavy (non-hydrogen) atoms. The molecule has 0 unspecified atom stereocenters. The van der Waals surface area contributed by atoms with Crippen LogP contribution in [0.4, 0.5) is 0 Å². The molecule has 0 amide bonds. The van der Waals surface area contributed by atoms with E-state index in [1.165, 1.54) is 0 Å². The molecule has 0 saturated carbocycles. The Morgan fingerprint density at radius 3 is 2.00 bits per heavy atom. The van der Waals surface area contributed by atoms with Crippen molar-refractivity contribution < 1.29 is 18.9 Å². The first-order chi connectivity index (χ1) is 6.66. The van der Waals surface area contributed by atoms with Crippen LogP contribution >= 0.6 is 12.9 Å². The van der Waals surface area contributed by atoms with Gasteiger partial charge in [0, 0.05) is 25.8 Å². The summed E-state index contributed by atoms with van der Waals surface area (Å²) in [6.45, 7) is 0. The third-order valence-electron chi connectivity index (χ3n) is 1.87. The van der Waals surface area contributed by atoms with Gasteiger partial charge in [0.25, 0.3) is 0 Å². The topological polar surface area (TPSA) is 63.6 Å². The van der Waals surface area contributed by atoms with Crippen molar-refractivity contribution in [1.82, 2.24) is 0 Å². The summed E-state index contributed by atoms with van der Waals surface area (Å²) in [5.41, 5.74) is 0. The second kappa shape index (κ2) is 8.87. The van der Waals surface area contributed by atoms with Gasteiger partial charge in [-0.25, -0.2) is 0 Å². The van der Waals surface area contributed by atoms with E-state index in [0.29, 0.717) is 12.8 Å². The van der Waals surface area contributed by atoms with Gasteiger partial charge in [0.05, 0.1) is 0 Å². The van der Waals surface area contributed by atoms with Crippen LogP contribution in [0.25, 0.3) is 0 Å². The fourth-order valence-electron chi connectivity index (χ4n) is 1.12. The minimum absolute atomic E-state index is 0.235. The molecule has 0 aromatic rings. The average Bonchev–Trinajstić information content (AvgIpc) is 2.15. The average molecular weight is 220 g/mol. The van der Waals surface area contributed by atoms with Crippen LogP contribution in [0.15, 0.2) is 0 Å². The number of carbonyl (C=O) groups is 2. The standard InChI is InChI=1S/C9H16O4S/c10-8(11)6-4-2-1-3-5-7-9(12)13-14/h14H,1-7H2,(H,10,11). The van der Waals surface area contributed by atoms with Crippen LogP contribution < -0.4 is 0 Å². The first kappa shape index (κ1) is 13.3. The van der Waals surface area contributed by atoms with Crippen molar-refractivity contribution in [2.45, 2.75) is 44.9 Å². The van der Waals surface area contributed by atoms with Gasteiger partial charge in [-0.3, -0.25) is 9.59 Å². The zero-order chi connectivity index (χ0) is 10.8. The van der Waals surface area contributed by atoms with Crippen molar-refractivity contribution in [3.05, 3.63) is 0 Å². The Bertz CT molecular complexity index is 182. The van der Waals surface area contributed by atoms with Gasteiger partial charge in [-0.05, 0) is 12.8 Å². The van der Waals surface area contributed by atoms with E-state index in [-0.39, 0.29) is 12.4 Å². The highest BCUT2D eigenvalue weighted by Crippen LogP contribution is 2.07. The van der Waals surface area contributed by atoms with Crippen LogP contribution in [0.1, 0.15) is 44.9 Å². The summed E-state index contributed by atoms with van der Waals surface area (Å²) in [6.07, 6.45) is 4.93. The molecule has 0 radical (unpaired) electrons. The number of carbonyl (C=O) groups excluding carboxylic acids is 1. The van der Waals surface area contributed by atoms with E-state index >= 15 is 0 Å². The number of aliphatic carboxylic acids is 1. The molecule has 0 atom stereocenters. The van der Waals surface area contributed by atoms with Crippen LogP contribution in [0.5, 0.6) is 0 Å². The predicted octanol–water partition coefficient (Wildman–Crippen LogP) is 2.19. The minimum Gasteiger partial charge on any atom is -0.481 e. The molecule has 0 bridgehead atoms. The molecule has 0 saturated heterocycles. The molecule has 0 heterocycles. The van der Waals surface area contributed by atoms with Crippen LogP contribution in [0.2, 0.25) is 0 Å². The van der Waals surface area contributed by atoms with Crippen molar-refractivity contribution in [1.29, 1.82) is 0 Å². The summed E-state index contributed by atoms with van der Waals surface area (Å²) < 4.78 is 4.19. The van der Waals surface area contributed by atoms with Gasteiger partial charge < -0.3 is 9.29 Å². The molecule has 0 spiro atoms. The molecule has 0 aliphatic rings. The molecular weight excluding hydrogens is 204 g/mol. The highest BCUT2D eigenvalue weighted by molar-refractivity contribution is 7.75. The monoisotopic (exact) mass is 220 g/mol. The second-order valence-corrected chi connectivity index (χ2v) is 3.31. The molecule has 0 aliphatic heterocycles. The molecule has 1 N–H and O–H groups in total. The number of rotatable bonds is 8. The molecule has 5 heteroatoms. The second-order valence-electron chi connectivity index (χ2n) is 3.12. The number of hydrogen-bond donors (Lipinski definition) is 2. The summed E-state index contributed by atoms with van der Waals surface area (Å²) in [7, 11) is 0. The third-order valence-corrected chi connectivity index (χ3v) is 2.08. The molecular formula is C9H16O4S. The lowest BCUT2D eigenvalue weighted by Gasteiger charge is -1.99. The highest BCUT2D eigenvalue weighted by atomic mass is 32.1. The number of hydrogen-bond acceptors (Lipinski definition) is 4. The van der Waals surface area contributed by atoms with Crippen LogP contribution in [-0.2, 0) is 13.8 Å². The SMILES string of the molecule is O=C(O)CCCCCCCC(=O)OS. The number of carboxylic acid groups (broad SMARTS) is 1. The van der Waals surface area contributed by atoms with Gasteiger partial charge in [-0.1, -0.05) is 19.3 Å². The third kappa shape index (κ3) is 9.38. The Morgan fingerprint density at radius 2 is 1.50 bits per heavy atom. The minimum atomic E-state index is -0.747. The largest absolute Gasteiger partial charge is 0.481 e. The smallest absolute Gasteiger partial charge is 0.317 e. The molecule has 0 rings (SSSR count). The summed E-state index contributed by atoms with van der Waals surface area (Å²) in [5, 5.41) is 8.35. The Labute approximate surface area is 89.3 Å². The maximum atomic E-state index is 10.6. The van der Waals surface area contributed by atoms with E-state index in [9.17, 15) is 9.59 Å². The summed E-state index contributed by atoms with van der Waals surface area (Å²) in [5.74, 6) is -1.05. The molecule has 82 valence electrons. The number of thiol groups is 1. The quantitative estimate of drug-likeness (QED) is 0.374. The maximum absolute atomic E-state index is 10.6. The van der Waals surface area contributed by atoms with Gasteiger partial charge in [0.2, 0.25) is 0 Å². The summed E-state index contributed by atoms with van der Waals surface area (Å²) >= 11 is 3.38. The zero-order valence-electron chi connectivity index (χ0n) is 8.07. The van der Waals surface area contributed by atoms with Gasteiger partial charge in [-0.15, -0.1) is 0 Å². The maximum Gasteiger partial charge on any atom is 0.317 e. The lowest BCUT2D eigenvalue weighted by molar-refractivity contribution is -0.137. The van der Waals surface area contributed by atoms with Gasteiger partial charge >= 0.3 is 11.9 Å². The van der Waals surface area contributed by atoms with E-state index in [2.05, 4.69) is 17.1 Å². The first-order valence-electron chi connectivity index (χ1n) is 4.73. The predicted molar refractivity (Wildman–Crippen MR) is 55.0 cm³/mol. The first-order valence-corrected chi connectivity index (χ1v) is 5.09. The van der Waals surface area contributed by atoms with E-state index in [1.807, 2.05) is 0 Å². The lowest BCUT2D eigenvalue weighted by atomic mass is 10.1.